The Morgan fingerprint density at radius 3 is 2.17 bits per heavy atom. The van der Waals surface area contributed by atoms with Crippen molar-refractivity contribution in [2.45, 2.75) is 71.6 Å². The zero-order valence-electron chi connectivity index (χ0n) is 11.9. The number of hydrogen-bond donors (Lipinski definition) is 2. The highest BCUT2D eigenvalue weighted by Gasteiger charge is 2.10. The van der Waals surface area contributed by atoms with Gasteiger partial charge < -0.3 is 11.6 Å². The first-order chi connectivity index (χ1) is 8.70. The van der Waals surface area contributed by atoms with Crippen molar-refractivity contribution in [2.24, 2.45) is 0 Å². The Bertz CT molecular complexity index is 344. The highest BCUT2D eigenvalue weighted by atomic mass is 15.4. The molecule has 4 nitrogen and oxygen atoms in total. The fraction of sp³-hybridized carbons (Fsp3) is 0.786. The summed E-state index contributed by atoms with van der Waals surface area (Å²) in [6.45, 7) is 4.29. The molecule has 0 saturated carbocycles. The number of anilines is 1. The van der Waals surface area contributed by atoms with Crippen LogP contribution in [0.5, 0.6) is 0 Å². The zero-order valence-corrected chi connectivity index (χ0v) is 11.9. The average molecular weight is 252 g/mol. The quantitative estimate of drug-likeness (QED) is 0.524. The van der Waals surface area contributed by atoms with Crippen LogP contribution in [0, 0.1) is 0 Å². The van der Waals surface area contributed by atoms with E-state index in [2.05, 4.69) is 11.9 Å². The van der Waals surface area contributed by atoms with Crippen molar-refractivity contribution in [3.63, 3.8) is 0 Å². The molecule has 0 fully saturated rings. The first kappa shape index (κ1) is 14.9. The van der Waals surface area contributed by atoms with E-state index in [9.17, 15) is 0 Å². The molecule has 1 aromatic heterocycles. The van der Waals surface area contributed by atoms with Gasteiger partial charge in [-0.1, -0.05) is 52.4 Å². The van der Waals surface area contributed by atoms with E-state index in [1.807, 2.05) is 6.92 Å². The van der Waals surface area contributed by atoms with Crippen LogP contribution in [0.1, 0.15) is 70.3 Å². The van der Waals surface area contributed by atoms with Crippen LogP contribution in [0.25, 0.3) is 0 Å². The maximum atomic E-state index is 5.93. The second kappa shape index (κ2) is 8.01. The lowest BCUT2D eigenvalue weighted by atomic mass is 10.1. The van der Waals surface area contributed by atoms with Crippen LogP contribution in [-0.4, -0.2) is 9.66 Å². The number of nitrogens with zero attached hydrogens (tertiary/aromatic N) is 2. The van der Waals surface area contributed by atoms with Crippen molar-refractivity contribution >= 4 is 5.82 Å². The Balaban J connectivity index is 2.23. The molecule has 0 spiro atoms. The molecule has 0 radical (unpaired) electrons. The van der Waals surface area contributed by atoms with Crippen molar-refractivity contribution in [2.75, 3.05) is 11.6 Å². The molecular weight excluding hydrogens is 224 g/mol. The molecule has 0 atom stereocenters. The van der Waals surface area contributed by atoms with Gasteiger partial charge in [0.2, 0.25) is 0 Å². The highest BCUT2D eigenvalue weighted by Crippen LogP contribution is 2.16. The Morgan fingerprint density at radius 1 is 1.00 bits per heavy atom. The van der Waals surface area contributed by atoms with Crippen molar-refractivity contribution in [1.29, 1.82) is 0 Å². The van der Waals surface area contributed by atoms with Gasteiger partial charge in [-0.05, 0) is 12.8 Å². The van der Waals surface area contributed by atoms with Gasteiger partial charge >= 0.3 is 0 Å². The van der Waals surface area contributed by atoms with Crippen molar-refractivity contribution in [3.8, 4) is 0 Å². The van der Waals surface area contributed by atoms with Gasteiger partial charge in [0.05, 0.1) is 5.69 Å². The third-order valence-corrected chi connectivity index (χ3v) is 3.43. The minimum absolute atomic E-state index is 0.637. The Hall–Kier alpha value is -1.19. The fourth-order valence-electron chi connectivity index (χ4n) is 2.23. The first-order valence-electron chi connectivity index (χ1n) is 7.31. The number of aromatic nitrogens is 2. The van der Waals surface area contributed by atoms with Gasteiger partial charge in [-0.2, -0.15) is 0 Å². The minimum atomic E-state index is 0.637. The predicted octanol–water partition coefficient (Wildman–Crippen LogP) is 3.03. The van der Waals surface area contributed by atoms with E-state index in [-0.39, 0.29) is 0 Å². The number of aryl methyl sites for hydroxylation is 2. The Morgan fingerprint density at radius 2 is 1.61 bits per heavy atom. The second-order valence-electron chi connectivity index (χ2n) is 4.95. The maximum Gasteiger partial charge on any atom is 0.145 e. The molecule has 0 amide bonds. The van der Waals surface area contributed by atoms with E-state index in [1.54, 1.807) is 0 Å². The summed E-state index contributed by atoms with van der Waals surface area (Å²) in [6.07, 6.45) is 10.9. The number of hydrogen-bond acceptors (Lipinski definition) is 3. The van der Waals surface area contributed by atoms with Gasteiger partial charge in [0.15, 0.2) is 0 Å². The summed E-state index contributed by atoms with van der Waals surface area (Å²) in [4.78, 5) is 4.49. The van der Waals surface area contributed by atoms with Crippen LogP contribution in [0.3, 0.4) is 0 Å². The van der Waals surface area contributed by atoms with Crippen LogP contribution < -0.4 is 11.6 Å². The molecule has 0 aliphatic rings. The van der Waals surface area contributed by atoms with Crippen LogP contribution >= 0.6 is 0 Å². The van der Waals surface area contributed by atoms with E-state index < -0.39 is 0 Å². The normalized spacial score (nSPS) is 11.0. The highest BCUT2D eigenvalue weighted by molar-refractivity contribution is 5.38. The molecule has 4 N–H and O–H groups in total. The summed E-state index contributed by atoms with van der Waals surface area (Å²) in [5.74, 6) is 7.35. The lowest BCUT2D eigenvalue weighted by molar-refractivity contribution is 0.587. The predicted molar refractivity (Wildman–Crippen MR) is 77.9 cm³/mol. The SMILES string of the molecule is CCCCCCCCCc1nc(CC)n(N)c1N. The van der Waals surface area contributed by atoms with E-state index in [0.717, 1.165) is 30.8 Å². The van der Waals surface area contributed by atoms with Gasteiger partial charge in [-0.15, -0.1) is 0 Å². The first-order valence-corrected chi connectivity index (χ1v) is 7.31. The second-order valence-corrected chi connectivity index (χ2v) is 4.95. The van der Waals surface area contributed by atoms with Crippen molar-refractivity contribution in [1.82, 2.24) is 9.66 Å². The minimum Gasteiger partial charge on any atom is -0.382 e. The summed E-state index contributed by atoms with van der Waals surface area (Å²) >= 11 is 0. The molecule has 1 aromatic rings. The van der Waals surface area contributed by atoms with Crippen LogP contribution in [0.2, 0.25) is 0 Å². The van der Waals surface area contributed by atoms with E-state index >= 15 is 0 Å². The van der Waals surface area contributed by atoms with Gasteiger partial charge in [-0.3, -0.25) is 0 Å². The summed E-state index contributed by atoms with van der Waals surface area (Å²) in [6, 6.07) is 0. The average Bonchev–Trinajstić information content (AvgIpc) is 2.65. The molecule has 18 heavy (non-hydrogen) atoms. The van der Waals surface area contributed by atoms with Gasteiger partial charge in [0.1, 0.15) is 11.6 Å². The third-order valence-electron chi connectivity index (χ3n) is 3.43. The molecule has 1 rings (SSSR count). The number of nitrogens with two attached hydrogens (primary N) is 2. The van der Waals surface area contributed by atoms with E-state index in [4.69, 9.17) is 11.6 Å². The van der Waals surface area contributed by atoms with Crippen LogP contribution in [0.4, 0.5) is 5.82 Å². The monoisotopic (exact) mass is 252 g/mol. The van der Waals surface area contributed by atoms with Crippen molar-refractivity contribution < 1.29 is 0 Å². The third kappa shape index (κ3) is 4.24. The molecule has 0 saturated heterocycles. The number of nitrogen functional groups attached to an aromatic ring is 2. The topological polar surface area (TPSA) is 69.9 Å². The smallest absolute Gasteiger partial charge is 0.145 e. The van der Waals surface area contributed by atoms with E-state index in [1.165, 1.54) is 43.2 Å². The standard InChI is InChI=1S/C14H28N4/c1-3-5-6-7-8-9-10-11-12-14(15)18(16)13(4-2)17-12/h3-11,15-16H2,1-2H3. The largest absolute Gasteiger partial charge is 0.382 e. The van der Waals surface area contributed by atoms with Gasteiger partial charge in [-0.25, -0.2) is 9.66 Å². The van der Waals surface area contributed by atoms with Crippen LogP contribution in [-0.2, 0) is 12.8 Å². The molecule has 0 bridgehead atoms. The van der Waals surface area contributed by atoms with Crippen molar-refractivity contribution in [3.05, 3.63) is 11.5 Å². The molecule has 0 aliphatic heterocycles. The van der Waals surface area contributed by atoms with Gasteiger partial charge in [0, 0.05) is 6.42 Å². The molecule has 104 valence electrons. The summed E-state index contributed by atoms with van der Waals surface area (Å²) in [7, 11) is 0. The molecule has 1 heterocycles. The Kier molecular flexibility index (Phi) is 6.61. The summed E-state index contributed by atoms with van der Waals surface area (Å²) in [5, 5.41) is 0. The molecule has 0 unspecified atom stereocenters. The number of imidazole rings is 1. The molecule has 0 aromatic carbocycles. The maximum absolute atomic E-state index is 5.93. The summed E-state index contributed by atoms with van der Waals surface area (Å²) < 4.78 is 1.52. The van der Waals surface area contributed by atoms with Gasteiger partial charge in [0.25, 0.3) is 0 Å². The lowest BCUT2D eigenvalue weighted by Gasteiger charge is -2.01. The van der Waals surface area contributed by atoms with E-state index in [0.29, 0.717) is 5.82 Å². The fourth-order valence-corrected chi connectivity index (χ4v) is 2.23. The molecular formula is C14H28N4. The van der Waals surface area contributed by atoms with Crippen LogP contribution in [0.15, 0.2) is 0 Å². The lowest BCUT2D eigenvalue weighted by Crippen LogP contribution is -2.15. The molecule has 4 heteroatoms. The number of unbranched alkanes of at least 4 members (excludes halogenated alkanes) is 6. The summed E-state index contributed by atoms with van der Waals surface area (Å²) in [5.41, 5.74) is 6.91. The number of rotatable bonds is 9. The molecule has 0 aliphatic carbocycles. The zero-order chi connectivity index (χ0) is 13.4. The Labute approximate surface area is 111 Å².